The minimum absolute atomic E-state index is 0.00924. The van der Waals surface area contributed by atoms with Crippen LogP contribution in [0.2, 0.25) is 5.02 Å². The first-order valence-electron chi connectivity index (χ1n) is 4.20. The Morgan fingerprint density at radius 1 is 1.53 bits per heavy atom. The van der Waals surface area contributed by atoms with E-state index in [4.69, 9.17) is 16.9 Å². The fourth-order valence-electron chi connectivity index (χ4n) is 1.06. The van der Waals surface area contributed by atoms with E-state index in [2.05, 4.69) is 4.72 Å². The number of hydrogen-bond acceptors (Lipinski definition) is 3. The summed E-state index contributed by atoms with van der Waals surface area (Å²) in [5.74, 6) is 0. The maximum atomic E-state index is 11.6. The van der Waals surface area contributed by atoms with Crippen LogP contribution in [-0.4, -0.2) is 15.0 Å². The Morgan fingerprint density at radius 3 is 2.67 bits per heavy atom. The zero-order chi connectivity index (χ0) is 11.5. The van der Waals surface area contributed by atoms with E-state index in [1.165, 1.54) is 18.2 Å². The summed E-state index contributed by atoms with van der Waals surface area (Å²) in [6.45, 7) is 1.97. The second kappa shape index (κ2) is 4.62. The average molecular weight is 245 g/mol. The number of nitrogens with zero attached hydrogens (tertiary/aromatic N) is 1. The summed E-state index contributed by atoms with van der Waals surface area (Å²) in [6, 6.07) is 5.94. The molecule has 0 radical (unpaired) electrons. The van der Waals surface area contributed by atoms with Crippen molar-refractivity contribution in [3.05, 3.63) is 28.8 Å². The molecule has 0 aliphatic rings. The van der Waals surface area contributed by atoms with Crippen LogP contribution in [0.15, 0.2) is 23.1 Å². The van der Waals surface area contributed by atoms with Gasteiger partial charge in [0.05, 0.1) is 16.7 Å². The molecule has 80 valence electrons. The number of nitriles is 1. The van der Waals surface area contributed by atoms with Crippen molar-refractivity contribution < 1.29 is 8.42 Å². The fourth-order valence-corrected chi connectivity index (χ4v) is 2.64. The maximum Gasteiger partial charge on any atom is 0.242 e. The Bertz CT molecular complexity index is 505. The lowest BCUT2D eigenvalue weighted by Crippen LogP contribution is -2.23. The second-order valence-corrected chi connectivity index (χ2v) is 4.90. The first kappa shape index (κ1) is 12.0. The maximum absolute atomic E-state index is 11.6. The second-order valence-electron chi connectivity index (χ2n) is 2.76. The van der Waals surface area contributed by atoms with Gasteiger partial charge in [-0.3, -0.25) is 0 Å². The molecule has 0 aliphatic heterocycles. The molecule has 0 saturated carbocycles. The van der Waals surface area contributed by atoms with Crippen LogP contribution < -0.4 is 4.72 Å². The highest BCUT2D eigenvalue weighted by molar-refractivity contribution is 7.89. The summed E-state index contributed by atoms with van der Waals surface area (Å²) in [5, 5.41) is 8.64. The van der Waals surface area contributed by atoms with Crippen LogP contribution in [0, 0.1) is 11.3 Å². The lowest BCUT2D eigenvalue weighted by Gasteiger charge is -2.06. The number of rotatable bonds is 3. The van der Waals surface area contributed by atoms with Crippen LogP contribution in [0.25, 0.3) is 0 Å². The van der Waals surface area contributed by atoms with Crippen LogP contribution in [0.3, 0.4) is 0 Å². The first-order valence-corrected chi connectivity index (χ1v) is 6.06. The van der Waals surface area contributed by atoms with Crippen LogP contribution in [0.4, 0.5) is 0 Å². The predicted octanol–water partition coefficient (Wildman–Crippen LogP) is 1.51. The van der Waals surface area contributed by atoms with Gasteiger partial charge in [-0.25, -0.2) is 13.1 Å². The molecule has 0 fully saturated rings. The van der Waals surface area contributed by atoms with Gasteiger partial charge in [-0.1, -0.05) is 18.5 Å². The largest absolute Gasteiger partial charge is 0.242 e. The third-order valence-electron chi connectivity index (χ3n) is 1.68. The van der Waals surface area contributed by atoms with Gasteiger partial charge in [0.15, 0.2) is 0 Å². The lowest BCUT2D eigenvalue weighted by molar-refractivity contribution is 0.584. The van der Waals surface area contributed by atoms with Gasteiger partial charge in [0.25, 0.3) is 0 Å². The van der Waals surface area contributed by atoms with Crippen molar-refractivity contribution in [3.63, 3.8) is 0 Å². The number of hydrogen-bond donors (Lipinski definition) is 1. The third kappa shape index (κ3) is 2.69. The molecular weight excluding hydrogens is 236 g/mol. The molecule has 0 aromatic heterocycles. The Kier molecular flexibility index (Phi) is 3.69. The third-order valence-corrected chi connectivity index (χ3v) is 3.71. The zero-order valence-electron chi connectivity index (χ0n) is 7.99. The van der Waals surface area contributed by atoms with Crippen molar-refractivity contribution in [1.82, 2.24) is 4.72 Å². The number of nitrogens with one attached hydrogen (secondary N) is 1. The highest BCUT2D eigenvalue weighted by atomic mass is 35.5. The average Bonchev–Trinajstić information content (AvgIpc) is 2.17. The van der Waals surface area contributed by atoms with Gasteiger partial charge in [-0.05, 0) is 18.2 Å². The van der Waals surface area contributed by atoms with Crippen LogP contribution >= 0.6 is 11.6 Å². The van der Waals surface area contributed by atoms with E-state index in [1.54, 1.807) is 6.92 Å². The Balaban J connectivity index is 3.24. The van der Waals surface area contributed by atoms with Crippen LogP contribution in [0.1, 0.15) is 12.5 Å². The number of benzene rings is 1. The summed E-state index contributed by atoms with van der Waals surface area (Å²) in [7, 11) is -3.56. The summed E-state index contributed by atoms with van der Waals surface area (Å²) in [4.78, 5) is -0.00924. The van der Waals surface area contributed by atoms with Crippen LogP contribution in [-0.2, 0) is 10.0 Å². The molecule has 0 spiro atoms. The molecule has 1 N–H and O–H groups in total. The molecule has 0 aliphatic carbocycles. The summed E-state index contributed by atoms with van der Waals surface area (Å²) in [6.07, 6.45) is 0. The van der Waals surface area contributed by atoms with Crippen molar-refractivity contribution in [1.29, 1.82) is 5.26 Å². The molecule has 1 aromatic carbocycles. The molecule has 1 rings (SSSR count). The molecule has 0 atom stereocenters. The highest BCUT2D eigenvalue weighted by Gasteiger charge is 2.16. The summed E-state index contributed by atoms with van der Waals surface area (Å²) >= 11 is 5.76. The van der Waals surface area contributed by atoms with Gasteiger partial charge in [0.2, 0.25) is 10.0 Å². The molecule has 6 heteroatoms. The van der Waals surface area contributed by atoms with E-state index < -0.39 is 10.0 Å². The van der Waals surface area contributed by atoms with Gasteiger partial charge in [-0.2, -0.15) is 5.26 Å². The summed E-state index contributed by atoms with van der Waals surface area (Å²) < 4.78 is 25.5. The number of halogens is 1. The van der Waals surface area contributed by atoms with Gasteiger partial charge in [-0.15, -0.1) is 0 Å². The molecule has 0 amide bonds. The Labute approximate surface area is 93.5 Å². The van der Waals surface area contributed by atoms with Gasteiger partial charge < -0.3 is 0 Å². The summed E-state index contributed by atoms with van der Waals surface area (Å²) in [5.41, 5.74) is 0.329. The van der Waals surface area contributed by atoms with E-state index >= 15 is 0 Å². The number of sulfonamides is 1. The quantitative estimate of drug-likeness (QED) is 0.876. The Hall–Kier alpha value is -1.09. The first-order chi connectivity index (χ1) is 7.01. The normalized spacial score (nSPS) is 11.0. The van der Waals surface area contributed by atoms with Gasteiger partial charge in [0, 0.05) is 6.54 Å². The highest BCUT2D eigenvalue weighted by Crippen LogP contribution is 2.22. The van der Waals surface area contributed by atoms with Crippen molar-refractivity contribution in [2.24, 2.45) is 0 Å². The van der Waals surface area contributed by atoms with Gasteiger partial charge >= 0.3 is 0 Å². The molecule has 0 heterocycles. The van der Waals surface area contributed by atoms with Crippen molar-refractivity contribution in [2.75, 3.05) is 6.54 Å². The molecule has 1 aromatic rings. The molecular formula is C9H9ClN2O2S. The minimum Gasteiger partial charge on any atom is -0.211 e. The van der Waals surface area contributed by atoms with E-state index in [0.29, 0.717) is 12.1 Å². The van der Waals surface area contributed by atoms with E-state index in [0.717, 1.165) is 0 Å². The molecule has 15 heavy (non-hydrogen) atoms. The Morgan fingerprint density at radius 2 is 2.20 bits per heavy atom. The SMILES string of the molecule is CCNS(=O)(=O)c1ccc(C#N)cc1Cl. The van der Waals surface area contributed by atoms with E-state index in [1.807, 2.05) is 6.07 Å². The van der Waals surface area contributed by atoms with Gasteiger partial charge in [0.1, 0.15) is 4.90 Å². The van der Waals surface area contributed by atoms with E-state index in [-0.39, 0.29) is 9.92 Å². The topological polar surface area (TPSA) is 70.0 Å². The molecule has 0 bridgehead atoms. The van der Waals surface area contributed by atoms with Crippen molar-refractivity contribution >= 4 is 21.6 Å². The zero-order valence-corrected chi connectivity index (χ0v) is 9.56. The van der Waals surface area contributed by atoms with E-state index in [9.17, 15) is 8.42 Å². The standard InChI is InChI=1S/C9H9ClN2O2S/c1-2-12-15(13,14)9-4-3-7(6-11)5-8(9)10/h3-5,12H,2H2,1H3. The smallest absolute Gasteiger partial charge is 0.211 e. The molecule has 4 nitrogen and oxygen atoms in total. The van der Waals surface area contributed by atoms with Crippen LogP contribution in [0.5, 0.6) is 0 Å². The molecule has 0 unspecified atom stereocenters. The fraction of sp³-hybridized carbons (Fsp3) is 0.222. The molecule has 0 saturated heterocycles. The lowest BCUT2D eigenvalue weighted by atomic mass is 10.2. The predicted molar refractivity (Wildman–Crippen MR) is 57.0 cm³/mol. The minimum atomic E-state index is -3.56. The monoisotopic (exact) mass is 244 g/mol. The van der Waals surface area contributed by atoms with Crippen molar-refractivity contribution in [3.8, 4) is 6.07 Å². The van der Waals surface area contributed by atoms with Crippen molar-refractivity contribution in [2.45, 2.75) is 11.8 Å².